The van der Waals surface area contributed by atoms with Gasteiger partial charge in [0, 0.05) is 17.8 Å². The van der Waals surface area contributed by atoms with Crippen molar-refractivity contribution in [1.82, 2.24) is 0 Å². The molecule has 1 aliphatic heterocycles. The van der Waals surface area contributed by atoms with Gasteiger partial charge in [-0.25, -0.2) is 4.39 Å². The van der Waals surface area contributed by atoms with Crippen molar-refractivity contribution in [3.63, 3.8) is 0 Å². The van der Waals surface area contributed by atoms with Gasteiger partial charge in [-0.1, -0.05) is 18.2 Å². The van der Waals surface area contributed by atoms with E-state index >= 15 is 0 Å². The largest absolute Gasteiger partial charge is 0.486 e. The SMILES string of the molecule is Fc1cccc(NCc2cccc3c2OCCO3)c1. The minimum absolute atomic E-state index is 0.250. The van der Waals surface area contributed by atoms with E-state index in [-0.39, 0.29) is 5.82 Å². The van der Waals surface area contributed by atoms with Gasteiger partial charge in [-0.05, 0) is 24.3 Å². The van der Waals surface area contributed by atoms with Crippen molar-refractivity contribution >= 4 is 5.69 Å². The zero-order valence-electron chi connectivity index (χ0n) is 10.4. The zero-order chi connectivity index (χ0) is 13.1. The second-order valence-electron chi connectivity index (χ2n) is 4.31. The monoisotopic (exact) mass is 259 g/mol. The molecule has 0 spiro atoms. The molecule has 0 saturated heterocycles. The summed E-state index contributed by atoms with van der Waals surface area (Å²) in [6.45, 7) is 1.70. The van der Waals surface area contributed by atoms with Gasteiger partial charge in [-0.15, -0.1) is 0 Å². The standard InChI is InChI=1S/C15H14FNO2/c16-12-4-2-5-13(9-12)17-10-11-3-1-6-14-15(11)19-8-7-18-14/h1-6,9,17H,7-8,10H2. The Bertz CT molecular complexity index is 586. The molecule has 1 aliphatic rings. The first-order valence-electron chi connectivity index (χ1n) is 6.20. The summed E-state index contributed by atoms with van der Waals surface area (Å²) >= 11 is 0. The van der Waals surface area contributed by atoms with Crippen molar-refractivity contribution < 1.29 is 13.9 Å². The van der Waals surface area contributed by atoms with Crippen LogP contribution in [0.3, 0.4) is 0 Å². The molecule has 0 fully saturated rings. The average Bonchev–Trinajstić information content (AvgIpc) is 2.45. The number of hydrogen-bond acceptors (Lipinski definition) is 3. The van der Waals surface area contributed by atoms with Crippen molar-refractivity contribution in [3.8, 4) is 11.5 Å². The van der Waals surface area contributed by atoms with Crippen LogP contribution in [0.1, 0.15) is 5.56 Å². The van der Waals surface area contributed by atoms with Gasteiger partial charge in [0.2, 0.25) is 0 Å². The second-order valence-corrected chi connectivity index (χ2v) is 4.31. The van der Waals surface area contributed by atoms with Gasteiger partial charge >= 0.3 is 0 Å². The third kappa shape index (κ3) is 2.62. The lowest BCUT2D eigenvalue weighted by atomic mass is 10.1. The van der Waals surface area contributed by atoms with Crippen molar-refractivity contribution in [2.45, 2.75) is 6.54 Å². The van der Waals surface area contributed by atoms with E-state index in [0.29, 0.717) is 19.8 Å². The molecule has 3 nitrogen and oxygen atoms in total. The topological polar surface area (TPSA) is 30.5 Å². The predicted molar refractivity (Wildman–Crippen MR) is 71.2 cm³/mol. The predicted octanol–water partition coefficient (Wildman–Crippen LogP) is 3.21. The van der Waals surface area contributed by atoms with Crippen LogP contribution in [0.15, 0.2) is 42.5 Å². The Kier molecular flexibility index (Phi) is 3.23. The van der Waals surface area contributed by atoms with Gasteiger partial charge in [0.1, 0.15) is 19.0 Å². The molecule has 0 saturated carbocycles. The molecule has 0 aromatic heterocycles. The van der Waals surface area contributed by atoms with E-state index in [2.05, 4.69) is 5.32 Å². The average molecular weight is 259 g/mol. The first-order valence-corrected chi connectivity index (χ1v) is 6.20. The van der Waals surface area contributed by atoms with Crippen LogP contribution < -0.4 is 14.8 Å². The summed E-state index contributed by atoms with van der Waals surface area (Å²) in [5.41, 5.74) is 1.75. The molecule has 98 valence electrons. The molecule has 2 aromatic carbocycles. The number of rotatable bonds is 3. The van der Waals surface area contributed by atoms with Crippen molar-refractivity contribution in [1.29, 1.82) is 0 Å². The highest BCUT2D eigenvalue weighted by Crippen LogP contribution is 2.33. The molecular weight excluding hydrogens is 245 g/mol. The highest BCUT2D eigenvalue weighted by atomic mass is 19.1. The van der Waals surface area contributed by atoms with Crippen LogP contribution in [0.5, 0.6) is 11.5 Å². The molecule has 4 heteroatoms. The van der Waals surface area contributed by atoms with Gasteiger partial charge in [0.05, 0.1) is 0 Å². The molecule has 0 atom stereocenters. The summed E-state index contributed by atoms with van der Waals surface area (Å²) in [6, 6.07) is 12.2. The van der Waals surface area contributed by atoms with Gasteiger partial charge in [0.25, 0.3) is 0 Å². The number of fused-ring (bicyclic) bond motifs is 1. The third-order valence-corrected chi connectivity index (χ3v) is 2.96. The third-order valence-electron chi connectivity index (χ3n) is 2.96. The lowest BCUT2D eigenvalue weighted by Crippen LogP contribution is -2.17. The maximum Gasteiger partial charge on any atom is 0.166 e. The highest BCUT2D eigenvalue weighted by molar-refractivity contribution is 5.50. The van der Waals surface area contributed by atoms with E-state index in [0.717, 1.165) is 22.7 Å². The molecule has 19 heavy (non-hydrogen) atoms. The van der Waals surface area contributed by atoms with Gasteiger partial charge in [-0.3, -0.25) is 0 Å². The highest BCUT2D eigenvalue weighted by Gasteiger charge is 2.15. The Morgan fingerprint density at radius 2 is 1.89 bits per heavy atom. The number of anilines is 1. The zero-order valence-corrected chi connectivity index (χ0v) is 10.4. The van der Waals surface area contributed by atoms with E-state index < -0.39 is 0 Å². The number of para-hydroxylation sites is 1. The normalized spacial score (nSPS) is 13.1. The molecule has 2 aromatic rings. The number of nitrogens with one attached hydrogen (secondary N) is 1. The summed E-state index contributed by atoms with van der Waals surface area (Å²) < 4.78 is 24.2. The number of benzene rings is 2. The molecule has 0 bridgehead atoms. The Morgan fingerprint density at radius 1 is 1.05 bits per heavy atom. The van der Waals surface area contributed by atoms with E-state index in [9.17, 15) is 4.39 Å². The smallest absolute Gasteiger partial charge is 0.166 e. The van der Waals surface area contributed by atoms with Gasteiger partial charge in [-0.2, -0.15) is 0 Å². The minimum Gasteiger partial charge on any atom is -0.486 e. The number of ether oxygens (including phenoxy) is 2. The molecule has 1 N–H and O–H groups in total. The summed E-state index contributed by atoms with van der Waals surface area (Å²) in [5, 5.41) is 3.18. The van der Waals surface area contributed by atoms with Crippen molar-refractivity contribution in [2.75, 3.05) is 18.5 Å². The molecule has 1 heterocycles. The van der Waals surface area contributed by atoms with E-state index in [1.54, 1.807) is 6.07 Å². The summed E-state index contributed by atoms with van der Waals surface area (Å²) in [4.78, 5) is 0. The van der Waals surface area contributed by atoms with Crippen LogP contribution in [0.25, 0.3) is 0 Å². The van der Waals surface area contributed by atoms with Crippen LogP contribution >= 0.6 is 0 Å². The van der Waals surface area contributed by atoms with Crippen molar-refractivity contribution in [3.05, 3.63) is 53.8 Å². The molecule has 0 radical (unpaired) electrons. The summed E-state index contributed by atoms with van der Waals surface area (Å²) in [7, 11) is 0. The quantitative estimate of drug-likeness (QED) is 0.918. The number of halogens is 1. The lowest BCUT2D eigenvalue weighted by molar-refractivity contribution is 0.170. The van der Waals surface area contributed by atoms with Crippen LogP contribution in [0, 0.1) is 5.82 Å². The van der Waals surface area contributed by atoms with Gasteiger partial charge < -0.3 is 14.8 Å². The second kappa shape index (κ2) is 5.18. The lowest BCUT2D eigenvalue weighted by Gasteiger charge is -2.21. The van der Waals surface area contributed by atoms with Crippen LogP contribution in [0.4, 0.5) is 10.1 Å². The van der Waals surface area contributed by atoms with E-state index in [1.165, 1.54) is 12.1 Å². The fraction of sp³-hybridized carbons (Fsp3) is 0.200. The van der Waals surface area contributed by atoms with Crippen LogP contribution in [0.2, 0.25) is 0 Å². The molecule has 0 aliphatic carbocycles. The fourth-order valence-corrected chi connectivity index (χ4v) is 2.07. The van der Waals surface area contributed by atoms with Gasteiger partial charge in [0.15, 0.2) is 11.5 Å². The molecule has 0 amide bonds. The maximum absolute atomic E-state index is 13.1. The Morgan fingerprint density at radius 3 is 2.79 bits per heavy atom. The van der Waals surface area contributed by atoms with Crippen LogP contribution in [-0.4, -0.2) is 13.2 Å². The van der Waals surface area contributed by atoms with E-state index in [1.807, 2.05) is 24.3 Å². The minimum atomic E-state index is -0.250. The van der Waals surface area contributed by atoms with Crippen molar-refractivity contribution in [2.24, 2.45) is 0 Å². The fourth-order valence-electron chi connectivity index (χ4n) is 2.07. The summed E-state index contributed by atoms with van der Waals surface area (Å²) in [5.74, 6) is 1.29. The maximum atomic E-state index is 13.1. The molecule has 3 rings (SSSR count). The first kappa shape index (κ1) is 11.8. The first-order chi connectivity index (χ1) is 9.33. The number of hydrogen-bond donors (Lipinski definition) is 1. The Labute approximate surface area is 111 Å². The van der Waals surface area contributed by atoms with Crippen LogP contribution in [-0.2, 0) is 6.54 Å². The van der Waals surface area contributed by atoms with E-state index in [4.69, 9.17) is 9.47 Å². The Hall–Kier alpha value is -2.23. The molecular formula is C15H14FNO2. The Balaban J connectivity index is 1.77. The summed E-state index contributed by atoms with van der Waals surface area (Å²) in [6.07, 6.45) is 0. The molecule has 0 unspecified atom stereocenters.